The van der Waals surface area contributed by atoms with E-state index in [1.54, 1.807) is 0 Å². The van der Waals surface area contributed by atoms with Gasteiger partial charge in [0.25, 0.3) is 0 Å². The molecule has 17 heavy (non-hydrogen) atoms. The molecule has 0 N–H and O–H groups in total. The van der Waals surface area contributed by atoms with Gasteiger partial charge in [-0.1, -0.05) is 38.8 Å². The third kappa shape index (κ3) is 2.33. The number of benzene rings is 1. The van der Waals surface area contributed by atoms with Crippen LogP contribution in [-0.2, 0) is 5.54 Å². The van der Waals surface area contributed by atoms with Crippen molar-refractivity contribution in [2.75, 3.05) is 0 Å². The molecular weight excluding hydrogens is 210 g/mol. The third-order valence-corrected chi connectivity index (χ3v) is 3.60. The van der Waals surface area contributed by atoms with E-state index in [2.05, 4.69) is 31.0 Å². The van der Waals surface area contributed by atoms with Gasteiger partial charge in [0, 0.05) is 0 Å². The molecule has 0 aliphatic carbocycles. The number of fused-ring (bicyclic) bond motifs is 1. The van der Waals surface area contributed by atoms with Gasteiger partial charge in [0.05, 0.1) is 5.54 Å². The lowest BCUT2D eigenvalue weighted by molar-refractivity contribution is 0.220. The van der Waals surface area contributed by atoms with Gasteiger partial charge in [0.1, 0.15) is 11.0 Å². The largest absolute Gasteiger partial charge is 0.178 e. The number of hydrogen-bond acceptors (Lipinski definition) is 2. The van der Waals surface area contributed by atoms with E-state index in [0.717, 1.165) is 23.9 Å². The van der Waals surface area contributed by atoms with Gasteiger partial charge in [-0.2, -0.15) is 15.0 Å². The van der Waals surface area contributed by atoms with E-state index in [4.69, 9.17) is 0 Å². The van der Waals surface area contributed by atoms with E-state index in [0.29, 0.717) is 0 Å². The highest BCUT2D eigenvalue weighted by molar-refractivity contribution is 5.73. The number of nitrogens with zero attached hydrogens (tertiary/aromatic N) is 3. The Labute approximate surface area is 103 Å². The van der Waals surface area contributed by atoms with Crippen LogP contribution in [0.2, 0.25) is 0 Å². The molecule has 92 valence electrons. The molecule has 1 aromatic heterocycles. The Hall–Kier alpha value is -1.38. The summed E-state index contributed by atoms with van der Waals surface area (Å²) < 4.78 is 0. The molecule has 0 radical (unpaired) electrons. The lowest BCUT2D eigenvalue weighted by Gasteiger charge is -2.27. The van der Waals surface area contributed by atoms with E-state index in [9.17, 15) is 0 Å². The van der Waals surface area contributed by atoms with Crippen molar-refractivity contribution in [2.45, 2.75) is 52.0 Å². The number of aromatic nitrogens is 3. The van der Waals surface area contributed by atoms with E-state index < -0.39 is 0 Å². The molecule has 1 atom stereocenters. The zero-order valence-corrected chi connectivity index (χ0v) is 11.0. The first-order chi connectivity index (χ1) is 8.19. The lowest BCUT2D eigenvalue weighted by atomic mass is 9.93. The fourth-order valence-corrected chi connectivity index (χ4v) is 2.08. The Balaban J connectivity index is 2.35. The fraction of sp³-hybridized carbons (Fsp3) is 0.571. The molecule has 0 spiro atoms. The van der Waals surface area contributed by atoms with Gasteiger partial charge in [0.2, 0.25) is 0 Å². The minimum Gasteiger partial charge on any atom is -0.178 e. The first-order valence-corrected chi connectivity index (χ1v) is 6.52. The Kier molecular flexibility index (Phi) is 3.46. The first kappa shape index (κ1) is 12.1. The highest BCUT2D eigenvalue weighted by Gasteiger charge is 2.26. The molecule has 1 heterocycles. The van der Waals surface area contributed by atoms with Gasteiger partial charge in [-0.15, -0.1) is 0 Å². The van der Waals surface area contributed by atoms with Crippen molar-refractivity contribution in [3.05, 3.63) is 24.3 Å². The quantitative estimate of drug-likeness (QED) is 0.784. The Morgan fingerprint density at radius 2 is 1.71 bits per heavy atom. The maximum atomic E-state index is 4.61. The Bertz CT molecular complexity index is 456. The van der Waals surface area contributed by atoms with E-state index in [-0.39, 0.29) is 5.54 Å². The maximum absolute atomic E-state index is 4.61. The predicted molar refractivity (Wildman–Crippen MR) is 71.0 cm³/mol. The molecule has 1 unspecified atom stereocenters. The van der Waals surface area contributed by atoms with Gasteiger partial charge >= 0.3 is 0 Å². The Morgan fingerprint density at radius 3 is 2.18 bits per heavy atom. The summed E-state index contributed by atoms with van der Waals surface area (Å²) in [6, 6.07) is 8.07. The number of unbranched alkanes of at least 4 members (excludes halogenated alkanes) is 1. The predicted octanol–water partition coefficient (Wildman–Crippen LogP) is 3.75. The summed E-state index contributed by atoms with van der Waals surface area (Å²) in [6.45, 7) is 6.69. The first-order valence-electron chi connectivity index (χ1n) is 6.52. The topological polar surface area (TPSA) is 30.7 Å². The highest BCUT2D eigenvalue weighted by atomic mass is 15.5. The summed E-state index contributed by atoms with van der Waals surface area (Å²) in [5, 5.41) is 9.23. The minimum absolute atomic E-state index is 0.0506. The zero-order chi connectivity index (χ0) is 12.3. The third-order valence-electron chi connectivity index (χ3n) is 3.60. The van der Waals surface area contributed by atoms with Crippen LogP contribution in [0.25, 0.3) is 11.0 Å². The molecule has 3 heteroatoms. The summed E-state index contributed by atoms with van der Waals surface area (Å²) in [6.07, 6.45) is 4.65. The van der Waals surface area contributed by atoms with Crippen LogP contribution in [0.1, 0.15) is 46.5 Å². The summed E-state index contributed by atoms with van der Waals surface area (Å²) in [5.41, 5.74) is 2.03. The van der Waals surface area contributed by atoms with E-state index >= 15 is 0 Å². The van der Waals surface area contributed by atoms with Crippen LogP contribution in [0.4, 0.5) is 0 Å². The molecule has 3 nitrogen and oxygen atoms in total. The number of rotatable bonds is 5. The maximum Gasteiger partial charge on any atom is 0.113 e. The van der Waals surface area contributed by atoms with Gasteiger partial charge in [-0.25, -0.2) is 0 Å². The smallest absolute Gasteiger partial charge is 0.113 e. The monoisotopic (exact) mass is 231 g/mol. The molecule has 0 saturated heterocycles. The van der Waals surface area contributed by atoms with Crippen molar-refractivity contribution in [2.24, 2.45) is 0 Å². The van der Waals surface area contributed by atoms with E-state index in [1.807, 2.05) is 29.1 Å². The normalized spacial score (nSPS) is 15.0. The van der Waals surface area contributed by atoms with Crippen LogP contribution < -0.4 is 0 Å². The average Bonchev–Trinajstić information content (AvgIpc) is 2.80. The van der Waals surface area contributed by atoms with Crippen molar-refractivity contribution in [3.63, 3.8) is 0 Å². The molecular formula is C14H21N3. The van der Waals surface area contributed by atoms with Crippen molar-refractivity contribution in [3.8, 4) is 0 Å². The molecule has 0 bridgehead atoms. The summed E-state index contributed by atoms with van der Waals surface area (Å²) in [4.78, 5) is 1.92. The molecule has 0 amide bonds. The van der Waals surface area contributed by atoms with Gasteiger partial charge in [0.15, 0.2) is 0 Å². The summed E-state index contributed by atoms with van der Waals surface area (Å²) >= 11 is 0. The molecule has 0 saturated carbocycles. The van der Waals surface area contributed by atoms with Crippen LogP contribution in [0, 0.1) is 0 Å². The lowest BCUT2D eigenvalue weighted by Crippen LogP contribution is -2.31. The van der Waals surface area contributed by atoms with Crippen molar-refractivity contribution < 1.29 is 0 Å². The second kappa shape index (κ2) is 4.86. The molecule has 2 rings (SSSR count). The van der Waals surface area contributed by atoms with Gasteiger partial charge < -0.3 is 0 Å². The van der Waals surface area contributed by atoms with Crippen LogP contribution >= 0.6 is 0 Å². The Morgan fingerprint density at radius 1 is 1.12 bits per heavy atom. The SMILES string of the molecule is CCCCC(C)(CC)n1nc2ccccc2n1. The summed E-state index contributed by atoms with van der Waals surface area (Å²) in [7, 11) is 0. The number of hydrogen-bond donors (Lipinski definition) is 0. The second-order valence-electron chi connectivity index (χ2n) is 4.93. The van der Waals surface area contributed by atoms with Crippen LogP contribution in [0.5, 0.6) is 0 Å². The molecule has 0 fully saturated rings. The molecule has 0 aliphatic heterocycles. The average molecular weight is 231 g/mol. The molecule has 2 aromatic rings. The van der Waals surface area contributed by atoms with Crippen LogP contribution in [0.3, 0.4) is 0 Å². The zero-order valence-electron chi connectivity index (χ0n) is 11.0. The minimum atomic E-state index is 0.0506. The molecule has 0 aliphatic rings. The van der Waals surface area contributed by atoms with Crippen molar-refractivity contribution in [1.82, 2.24) is 15.0 Å². The standard InChI is InChI=1S/C14H21N3/c1-4-6-11-14(3,5-2)17-15-12-9-7-8-10-13(12)16-17/h7-10H,4-6,11H2,1-3H3. The van der Waals surface area contributed by atoms with Gasteiger partial charge in [-0.05, 0) is 31.9 Å². The van der Waals surface area contributed by atoms with Gasteiger partial charge in [-0.3, -0.25) is 0 Å². The van der Waals surface area contributed by atoms with Crippen molar-refractivity contribution >= 4 is 11.0 Å². The molecule has 1 aromatic carbocycles. The second-order valence-corrected chi connectivity index (χ2v) is 4.93. The summed E-state index contributed by atoms with van der Waals surface area (Å²) in [5.74, 6) is 0. The van der Waals surface area contributed by atoms with E-state index in [1.165, 1.54) is 12.8 Å². The van der Waals surface area contributed by atoms with Crippen LogP contribution in [-0.4, -0.2) is 15.0 Å². The van der Waals surface area contributed by atoms with Crippen LogP contribution in [0.15, 0.2) is 24.3 Å². The fourth-order valence-electron chi connectivity index (χ4n) is 2.08. The highest BCUT2D eigenvalue weighted by Crippen LogP contribution is 2.26. The van der Waals surface area contributed by atoms with Crippen molar-refractivity contribution in [1.29, 1.82) is 0 Å².